The smallest absolute Gasteiger partial charge is 0.140 e. The molecule has 1 aromatic heterocycles. The molecule has 0 saturated carbocycles. The zero-order valence-electron chi connectivity index (χ0n) is 10.7. The number of aryl methyl sites for hydroxylation is 1. The molecule has 0 fully saturated rings. The van der Waals surface area contributed by atoms with Gasteiger partial charge >= 0.3 is 0 Å². The van der Waals surface area contributed by atoms with Crippen LogP contribution in [0.3, 0.4) is 0 Å². The van der Waals surface area contributed by atoms with E-state index in [1.165, 1.54) is 0 Å². The van der Waals surface area contributed by atoms with Gasteiger partial charge < -0.3 is 10.1 Å². The molecule has 1 aromatic rings. The second kappa shape index (κ2) is 6.48. The van der Waals surface area contributed by atoms with Crippen molar-refractivity contribution >= 4 is 0 Å². The topological polar surface area (TPSA) is 34.1 Å². The summed E-state index contributed by atoms with van der Waals surface area (Å²) in [6.45, 7) is 9.26. The van der Waals surface area contributed by atoms with Crippen molar-refractivity contribution in [1.82, 2.24) is 10.3 Å². The summed E-state index contributed by atoms with van der Waals surface area (Å²) in [4.78, 5) is 4.20. The number of nitrogens with one attached hydrogen (secondary N) is 1. The van der Waals surface area contributed by atoms with Crippen molar-refractivity contribution < 1.29 is 4.74 Å². The van der Waals surface area contributed by atoms with Crippen LogP contribution in [-0.4, -0.2) is 23.7 Å². The SMILES string of the molecule is CCC(C)NCC(C)Oc1cccnc1C. The van der Waals surface area contributed by atoms with E-state index in [0.717, 1.165) is 24.4 Å². The first kappa shape index (κ1) is 13.0. The van der Waals surface area contributed by atoms with E-state index in [1.807, 2.05) is 19.1 Å². The molecule has 1 rings (SSSR count). The van der Waals surface area contributed by atoms with Crippen molar-refractivity contribution in [2.75, 3.05) is 6.54 Å². The van der Waals surface area contributed by atoms with Crippen LogP contribution in [0.25, 0.3) is 0 Å². The first-order chi connectivity index (χ1) is 7.63. The standard InChI is InChI=1S/C13H22N2O/c1-5-10(2)15-9-11(3)16-13-7-6-8-14-12(13)4/h6-8,10-11,15H,5,9H2,1-4H3. The van der Waals surface area contributed by atoms with Gasteiger partial charge in [-0.05, 0) is 39.3 Å². The van der Waals surface area contributed by atoms with Gasteiger partial charge in [-0.15, -0.1) is 0 Å². The molecule has 16 heavy (non-hydrogen) atoms. The third-order valence-electron chi connectivity index (χ3n) is 2.65. The molecule has 0 aromatic carbocycles. The lowest BCUT2D eigenvalue weighted by molar-refractivity contribution is 0.210. The Morgan fingerprint density at radius 2 is 2.19 bits per heavy atom. The Labute approximate surface area is 98.2 Å². The van der Waals surface area contributed by atoms with E-state index in [-0.39, 0.29) is 6.10 Å². The van der Waals surface area contributed by atoms with Crippen LogP contribution in [0.5, 0.6) is 5.75 Å². The van der Waals surface area contributed by atoms with Gasteiger partial charge in [0, 0.05) is 18.8 Å². The lowest BCUT2D eigenvalue weighted by atomic mass is 10.2. The molecule has 0 aliphatic rings. The maximum atomic E-state index is 5.82. The molecule has 0 aliphatic heterocycles. The normalized spacial score (nSPS) is 14.5. The van der Waals surface area contributed by atoms with Gasteiger partial charge in [0.25, 0.3) is 0 Å². The highest BCUT2D eigenvalue weighted by molar-refractivity contribution is 5.25. The fourth-order valence-corrected chi connectivity index (χ4v) is 1.36. The van der Waals surface area contributed by atoms with Gasteiger partial charge in [-0.3, -0.25) is 4.98 Å². The van der Waals surface area contributed by atoms with Crippen molar-refractivity contribution in [3.63, 3.8) is 0 Å². The fraction of sp³-hybridized carbons (Fsp3) is 0.615. The number of rotatable bonds is 6. The zero-order chi connectivity index (χ0) is 12.0. The molecule has 0 spiro atoms. The van der Waals surface area contributed by atoms with Crippen LogP contribution in [-0.2, 0) is 0 Å². The minimum atomic E-state index is 0.164. The summed E-state index contributed by atoms with van der Waals surface area (Å²) in [5.41, 5.74) is 0.942. The maximum absolute atomic E-state index is 5.82. The largest absolute Gasteiger partial charge is 0.487 e. The highest BCUT2D eigenvalue weighted by Crippen LogP contribution is 2.15. The van der Waals surface area contributed by atoms with E-state index in [0.29, 0.717) is 6.04 Å². The quantitative estimate of drug-likeness (QED) is 0.803. The third-order valence-corrected chi connectivity index (χ3v) is 2.65. The second-order valence-corrected chi connectivity index (χ2v) is 4.23. The summed E-state index contributed by atoms with van der Waals surface area (Å²) in [5.74, 6) is 0.876. The summed E-state index contributed by atoms with van der Waals surface area (Å²) < 4.78 is 5.82. The van der Waals surface area contributed by atoms with E-state index in [2.05, 4.69) is 31.1 Å². The first-order valence-electron chi connectivity index (χ1n) is 5.95. The van der Waals surface area contributed by atoms with E-state index in [1.54, 1.807) is 6.20 Å². The summed E-state index contributed by atoms with van der Waals surface area (Å²) in [5, 5.41) is 3.43. The Balaban J connectivity index is 2.40. The molecule has 90 valence electrons. The van der Waals surface area contributed by atoms with E-state index in [9.17, 15) is 0 Å². The van der Waals surface area contributed by atoms with Gasteiger partial charge in [0.05, 0.1) is 5.69 Å². The van der Waals surface area contributed by atoms with Gasteiger partial charge in [0.1, 0.15) is 11.9 Å². The van der Waals surface area contributed by atoms with Crippen LogP contribution in [0.4, 0.5) is 0 Å². The minimum absolute atomic E-state index is 0.164. The molecule has 1 N–H and O–H groups in total. The fourth-order valence-electron chi connectivity index (χ4n) is 1.36. The molecule has 2 unspecified atom stereocenters. The number of aromatic nitrogens is 1. The molecule has 0 amide bonds. The van der Waals surface area contributed by atoms with Crippen molar-refractivity contribution in [2.45, 2.75) is 46.3 Å². The summed E-state index contributed by atoms with van der Waals surface area (Å²) in [6.07, 6.45) is 3.08. The zero-order valence-corrected chi connectivity index (χ0v) is 10.7. The Morgan fingerprint density at radius 3 is 2.81 bits per heavy atom. The molecule has 3 heteroatoms. The average molecular weight is 222 g/mol. The predicted octanol–water partition coefficient (Wildman–Crippen LogP) is 2.55. The average Bonchev–Trinajstić information content (AvgIpc) is 2.29. The monoisotopic (exact) mass is 222 g/mol. The van der Waals surface area contributed by atoms with Crippen LogP contribution >= 0.6 is 0 Å². The summed E-state index contributed by atoms with van der Waals surface area (Å²) in [6, 6.07) is 4.40. The Bertz CT molecular complexity index is 315. The van der Waals surface area contributed by atoms with Gasteiger partial charge in [0.2, 0.25) is 0 Å². The Kier molecular flexibility index (Phi) is 5.26. The van der Waals surface area contributed by atoms with Crippen LogP contribution in [0.2, 0.25) is 0 Å². The number of hydrogen-bond acceptors (Lipinski definition) is 3. The summed E-state index contributed by atoms with van der Waals surface area (Å²) >= 11 is 0. The van der Waals surface area contributed by atoms with Crippen LogP contribution in [0, 0.1) is 6.92 Å². The van der Waals surface area contributed by atoms with Gasteiger partial charge in [-0.1, -0.05) is 6.92 Å². The lowest BCUT2D eigenvalue weighted by Gasteiger charge is -2.18. The van der Waals surface area contributed by atoms with E-state index < -0.39 is 0 Å². The molecule has 1 heterocycles. The highest BCUT2D eigenvalue weighted by Gasteiger charge is 2.07. The molecule has 0 bridgehead atoms. The Morgan fingerprint density at radius 1 is 1.44 bits per heavy atom. The predicted molar refractivity (Wildman–Crippen MR) is 66.8 cm³/mol. The molecule has 3 nitrogen and oxygen atoms in total. The molecular weight excluding hydrogens is 200 g/mol. The van der Waals surface area contributed by atoms with Crippen molar-refractivity contribution in [1.29, 1.82) is 0 Å². The third kappa shape index (κ3) is 4.19. The van der Waals surface area contributed by atoms with Crippen molar-refractivity contribution in [3.05, 3.63) is 24.0 Å². The minimum Gasteiger partial charge on any atom is -0.487 e. The second-order valence-electron chi connectivity index (χ2n) is 4.23. The molecule has 0 saturated heterocycles. The number of ether oxygens (including phenoxy) is 1. The summed E-state index contributed by atoms with van der Waals surface area (Å²) in [7, 11) is 0. The lowest BCUT2D eigenvalue weighted by Crippen LogP contribution is -2.34. The van der Waals surface area contributed by atoms with E-state index >= 15 is 0 Å². The molecule has 0 aliphatic carbocycles. The molecule has 2 atom stereocenters. The number of nitrogens with zero attached hydrogens (tertiary/aromatic N) is 1. The first-order valence-corrected chi connectivity index (χ1v) is 5.95. The van der Waals surface area contributed by atoms with Crippen LogP contribution < -0.4 is 10.1 Å². The van der Waals surface area contributed by atoms with E-state index in [4.69, 9.17) is 4.74 Å². The van der Waals surface area contributed by atoms with Gasteiger partial charge in [0.15, 0.2) is 0 Å². The number of hydrogen-bond donors (Lipinski definition) is 1. The molecule has 0 radical (unpaired) electrons. The van der Waals surface area contributed by atoms with Gasteiger partial charge in [-0.2, -0.15) is 0 Å². The number of pyridine rings is 1. The highest BCUT2D eigenvalue weighted by atomic mass is 16.5. The van der Waals surface area contributed by atoms with Gasteiger partial charge in [-0.25, -0.2) is 0 Å². The molecular formula is C13H22N2O. The maximum Gasteiger partial charge on any atom is 0.140 e. The van der Waals surface area contributed by atoms with Crippen LogP contribution in [0.1, 0.15) is 32.9 Å². The Hall–Kier alpha value is -1.09. The van der Waals surface area contributed by atoms with Crippen molar-refractivity contribution in [2.24, 2.45) is 0 Å². The van der Waals surface area contributed by atoms with Crippen molar-refractivity contribution in [3.8, 4) is 5.75 Å². The van der Waals surface area contributed by atoms with Crippen LogP contribution in [0.15, 0.2) is 18.3 Å².